The van der Waals surface area contributed by atoms with Crippen LogP contribution in [0.25, 0.3) is 0 Å². The van der Waals surface area contributed by atoms with Crippen molar-refractivity contribution in [1.82, 2.24) is 0 Å². The van der Waals surface area contributed by atoms with Crippen molar-refractivity contribution in [2.75, 3.05) is 0 Å². The van der Waals surface area contributed by atoms with E-state index in [2.05, 4.69) is 47.8 Å². The van der Waals surface area contributed by atoms with Gasteiger partial charge in [0.2, 0.25) is 0 Å². The van der Waals surface area contributed by atoms with Crippen LogP contribution in [0.1, 0.15) is 70.3 Å². The van der Waals surface area contributed by atoms with Crippen LogP contribution in [0.5, 0.6) is 0 Å². The highest BCUT2D eigenvalue weighted by Gasteiger charge is 2.27. The summed E-state index contributed by atoms with van der Waals surface area (Å²) < 4.78 is 0. The second-order valence-corrected chi connectivity index (χ2v) is 8.57. The summed E-state index contributed by atoms with van der Waals surface area (Å²) in [5.41, 5.74) is 6.97. The SMILES string of the molecule is CC(Cl)c1c(CBr)c(C(C)Cl)c(CBr)c(C(C)Cl)c1CBr. The van der Waals surface area contributed by atoms with Crippen molar-refractivity contribution in [1.29, 1.82) is 0 Å². The van der Waals surface area contributed by atoms with E-state index in [9.17, 15) is 0 Å². The standard InChI is InChI=1S/C15H18Br3Cl3/c1-7(19)13-10(4-16)14(8(2)20)12(6-18)15(9(3)21)11(13)5-17/h7-9H,4-6H2,1-3H3. The number of benzene rings is 1. The summed E-state index contributed by atoms with van der Waals surface area (Å²) in [6, 6.07) is 0. The predicted molar refractivity (Wildman–Crippen MR) is 107 cm³/mol. The fourth-order valence-electron chi connectivity index (χ4n) is 2.85. The van der Waals surface area contributed by atoms with Gasteiger partial charge >= 0.3 is 0 Å². The molecular formula is C15H18Br3Cl3. The quantitative estimate of drug-likeness (QED) is 0.317. The largest absolute Gasteiger partial charge is 0.118 e. The van der Waals surface area contributed by atoms with Crippen molar-refractivity contribution in [2.24, 2.45) is 0 Å². The average molecular weight is 544 g/mol. The monoisotopic (exact) mass is 540 g/mol. The van der Waals surface area contributed by atoms with E-state index >= 15 is 0 Å². The van der Waals surface area contributed by atoms with Gasteiger partial charge in [-0.1, -0.05) is 47.8 Å². The molecule has 0 fully saturated rings. The molecule has 0 aliphatic heterocycles. The molecule has 0 saturated carbocycles. The maximum atomic E-state index is 6.48. The molecule has 0 amide bonds. The van der Waals surface area contributed by atoms with E-state index in [0.29, 0.717) is 0 Å². The molecule has 0 bridgehead atoms. The van der Waals surface area contributed by atoms with Gasteiger partial charge in [-0.3, -0.25) is 0 Å². The van der Waals surface area contributed by atoms with Crippen LogP contribution in [-0.4, -0.2) is 0 Å². The number of hydrogen-bond acceptors (Lipinski definition) is 0. The molecule has 0 aliphatic rings. The van der Waals surface area contributed by atoms with E-state index in [0.717, 1.165) is 32.7 Å². The Hall–Kier alpha value is 1.53. The van der Waals surface area contributed by atoms with Crippen LogP contribution in [0, 0.1) is 0 Å². The van der Waals surface area contributed by atoms with E-state index in [1.807, 2.05) is 20.8 Å². The molecule has 6 heteroatoms. The van der Waals surface area contributed by atoms with Gasteiger partial charge in [0.15, 0.2) is 0 Å². The van der Waals surface area contributed by atoms with Crippen LogP contribution in [0.3, 0.4) is 0 Å². The highest BCUT2D eigenvalue weighted by Crippen LogP contribution is 2.44. The molecule has 21 heavy (non-hydrogen) atoms. The van der Waals surface area contributed by atoms with Gasteiger partial charge in [-0.25, -0.2) is 0 Å². The predicted octanol–water partition coefficient (Wildman–Crippen LogP) is 8.27. The Morgan fingerprint density at radius 2 is 0.810 bits per heavy atom. The summed E-state index contributed by atoms with van der Waals surface area (Å²) in [7, 11) is 0. The molecule has 0 aromatic heterocycles. The fourth-order valence-corrected chi connectivity index (χ4v) is 5.46. The van der Waals surface area contributed by atoms with Gasteiger partial charge in [0.05, 0.1) is 16.1 Å². The first-order valence-electron chi connectivity index (χ1n) is 6.62. The van der Waals surface area contributed by atoms with E-state index in [-0.39, 0.29) is 16.1 Å². The van der Waals surface area contributed by atoms with Crippen LogP contribution < -0.4 is 0 Å². The van der Waals surface area contributed by atoms with E-state index in [1.54, 1.807) is 0 Å². The zero-order valence-corrected chi connectivity index (χ0v) is 19.1. The lowest BCUT2D eigenvalue weighted by Gasteiger charge is -2.28. The number of rotatable bonds is 6. The molecule has 1 aromatic rings. The van der Waals surface area contributed by atoms with E-state index in [4.69, 9.17) is 34.8 Å². The first-order valence-corrected chi connectivity index (χ1v) is 11.3. The van der Waals surface area contributed by atoms with Gasteiger partial charge in [0.25, 0.3) is 0 Å². The average Bonchev–Trinajstić information content (AvgIpc) is 2.42. The molecular weight excluding hydrogens is 526 g/mol. The summed E-state index contributed by atoms with van der Waals surface area (Å²) >= 11 is 30.3. The fraction of sp³-hybridized carbons (Fsp3) is 0.600. The first-order chi connectivity index (χ1) is 9.81. The summed E-state index contributed by atoms with van der Waals surface area (Å²) in [4.78, 5) is 0. The van der Waals surface area contributed by atoms with Crippen molar-refractivity contribution in [2.45, 2.75) is 52.9 Å². The Labute approximate surface area is 167 Å². The molecule has 3 unspecified atom stereocenters. The zero-order chi connectivity index (χ0) is 16.3. The molecule has 0 N–H and O–H groups in total. The third-order valence-corrected chi connectivity index (χ3v) is 5.88. The summed E-state index contributed by atoms with van der Waals surface area (Å²) in [5, 5.41) is 1.88. The number of hydrogen-bond donors (Lipinski definition) is 0. The van der Waals surface area contributed by atoms with Gasteiger partial charge in [0, 0.05) is 16.0 Å². The van der Waals surface area contributed by atoms with Gasteiger partial charge in [0.1, 0.15) is 0 Å². The lowest BCUT2D eigenvalue weighted by Crippen LogP contribution is -2.13. The lowest BCUT2D eigenvalue weighted by molar-refractivity contribution is 0.915. The molecule has 1 rings (SSSR count). The van der Waals surface area contributed by atoms with Gasteiger partial charge in [-0.05, 0) is 54.2 Å². The minimum Gasteiger partial charge on any atom is -0.118 e. The molecule has 1 aromatic carbocycles. The van der Waals surface area contributed by atoms with Crippen LogP contribution in [0.2, 0.25) is 0 Å². The van der Waals surface area contributed by atoms with Crippen molar-refractivity contribution >= 4 is 82.6 Å². The van der Waals surface area contributed by atoms with Crippen LogP contribution in [-0.2, 0) is 16.0 Å². The molecule has 3 atom stereocenters. The van der Waals surface area contributed by atoms with Crippen LogP contribution >= 0.6 is 82.6 Å². The smallest absolute Gasteiger partial charge is 0.0563 e. The molecule has 0 spiro atoms. The summed E-state index contributed by atoms with van der Waals surface area (Å²) in [5.74, 6) is 0. The van der Waals surface area contributed by atoms with Crippen molar-refractivity contribution < 1.29 is 0 Å². The second-order valence-electron chi connectivity index (χ2n) is 4.93. The summed E-state index contributed by atoms with van der Waals surface area (Å²) in [6.07, 6.45) is 0. The molecule has 0 nitrogen and oxygen atoms in total. The minimum atomic E-state index is -0.0993. The van der Waals surface area contributed by atoms with Crippen LogP contribution in [0.15, 0.2) is 0 Å². The van der Waals surface area contributed by atoms with Crippen LogP contribution in [0.4, 0.5) is 0 Å². The van der Waals surface area contributed by atoms with Crippen molar-refractivity contribution in [3.05, 3.63) is 33.4 Å². The van der Waals surface area contributed by atoms with Gasteiger partial charge < -0.3 is 0 Å². The first kappa shape index (κ1) is 20.6. The Morgan fingerprint density at radius 3 is 0.905 bits per heavy atom. The van der Waals surface area contributed by atoms with E-state index in [1.165, 1.54) is 16.7 Å². The van der Waals surface area contributed by atoms with Crippen molar-refractivity contribution in [3.8, 4) is 0 Å². The molecule has 0 heterocycles. The molecule has 120 valence electrons. The minimum absolute atomic E-state index is 0.0993. The number of alkyl halides is 6. The Morgan fingerprint density at radius 1 is 0.619 bits per heavy atom. The molecule has 0 saturated heterocycles. The topological polar surface area (TPSA) is 0 Å². The maximum absolute atomic E-state index is 6.48. The number of halogens is 6. The molecule has 0 radical (unpaired) electrons. The Kier molecular flexibility index (Phi) is 8.94. The Bertz CT molecular complexity index is 407. The third-order valence-electron chi connectivity index (χ3n) is 3.54. The maximum Gasteiger partial charge on any atom is 0.0563 e. The second kappa shape index (κ2) is 9.13. The lowest BCUT2D eigenvalue weighted by atomic mass is 9.85. The highest BCUT2D eigenvalue weighted by molar-refractivity contribution is 9.09. The third kappa shape index (κ3) is 4.33. The highest BCUT2D eigenvalue weighted by atomic mass is 79.9. The van der Waals surface area contributed by atoms with Gasteiger partial charge in [-0.15, -0.1) is 34.8 Å². The van der Waals surface area contributed by atoms with Gasteiger partial charge in [-0.2, -0.15) is 0 Å². The van der Waals surface area contributed by atoms with E-state index < -0.39 is 0 Å². The molecule has 0 aliphatic carbocycles. The normalized spacial score (nSPS) is 15.9. The zero-order valence-electron chi connectivity index (χ0n) is 12.1. The summed E-state index contributed by atoms with van der Waals surface area (Å²) in [6.45, 7) is 5.98. The van der Waals surface area contributed by atoms with Crippen molar-refractivity contribution in [3.63, 3.8) is 0 Å². The Balaban J connectivity index is 3.96.